The lowest BCUT2D eigenvalue weighted by atomic mass is 9.85. The van der Waals surface area contributed by atoms with Gasteiger partial charge >= 0.3 is 11.9 Å². The third-order valence-corrected chi connectivity index (χ3v) is 4.07. The van der Waals surface area contributed by atoms with Crippen LogP contribution < -0.4 is 4.90 Å². The van der Waals surface area contributed by atoms with Crippen LogP contribution in [0.25, 0.3) is 0 Å². The van der Waals surface area contributed by atoms with Crippen LogP contribution in [0.1, 0.15) is 33.3 Å². The van der Waals surface area contributed by atoms with E-state index in [0.717, 1.165) is 13.1 Å². The maximum absolute atomic E-state index is 12.0. The Kier molecular flexibility index (Phi) is 5.29. The molecule has 0 unspecified atom stereocenters. The zero-order valence-corrected chi connectivity index (χ0v) is 14.5. The van der Waals surface area contributed by atoms with Crippen LogP contribution in [0.5, 0.6) is 0 Å². The molecule has 1 fully saturated rings. The number of hydrogen-bond acceptors (Lipinski definition) is 4. The first kappa shape index (κ1) is 17.3. The summed E-state index contributed by atoms with van der Waals surface area (Å²) in [6, 6.07) is 8.39. The smallest absolute Gasteiger partial charge is 0.397 e. The highest BCUT2D eigenvalue weighted by Crippen LogP contribution is 2.32. The summed E-state index contributed by atoms with van der Waals surface area (Å²) in [6.45, 7) is 11.0. The van der Waals surface area contributed by atoms with E-state index in [1.807, 2.05) is 6.07 Å². The van der Waals surface area contributed by atoms with Crippen LogP contribution in [-0.2, 0) is 19.7 Å². The largest absolute Gasteiger partial charge is 0.459 e. The first-order valence-corrected chi connectivity index (χ1v) is 8.15. The normalized spacial score (nSPS) is 15.5. The highest BCUT2D eigenvalue weighted by atomic mass is 16.5. The highest BCUT2D eigenvalue weighted by Gasteiger charge is 2.28. The SMILES string of the molecule is CCOC(=O)C(=O)N1CCN(c2ccccc2C(C)(C)C)CC1. The molecule has 1 aliphatic rings. The van der Waals surface area contributed by atoms with Gasteiger partial charge in [0.15, 0.2) is 0 Å². The molecule has 126 valence electrons. The van der Waals surface area contributed by atoms with Crippen molar-refractivity contribution in [1.29, 1.82) is 0 Å². The van der Waals surface area contributed by atoms with E-state index in [9.17, 15) is 9.59 Å². The molecule has 5 nitrogen and oxygen atoms in total. The maximum Gasteiger partial charge on any atom is 0.397 e. The predicted octanol–water partition coefficient (Wildman–Crippen LogP) is 2.20. The number of anilines is 1. The predicted molar refractivity (Wildman–Crippen MR) is 90.6 cm³/mol. The minimum Gasteiger partial charge on any atom is -0.459 e. The van der Waals surface area contributed by atoms with Crippen molar-refractivity contribution in [3.63, 3.8) is 0 Å². The third-order valence-electron chi connectivity index (χ3n) is 4.07. The minimum atomic E-state index is -0.754. The lowest BCUT2D eigenvalue weighted by molar-refractivity contribution is -0.160. The number of nitrogens with zero attached hydrogens (tertiary/aromatic N) is 2. The van der Waals surface area contributed by atoms with Crippen LogP contribution >= 0.6 is 0 Å². The average Bonchev–Trinajstić information content (AvgIpc) is 2.54. The fraction of sp³-hybridized carbons (Fsp3) is 0.556. The summed E-state index contributed by atoms with van der Waals surface area (Å²) in [5.74, 6) is -1.29. The zero-order valence-electron chi connectivity index (χ0n) is 14.5. The molecule has 5 heteroatoms. The highest BCUT2D eigenvalue weighted by molar-refractivity contribution is 6.32. The van der Waals surface area contributed by atoms with Gasteiger partial charge in [0.25, 0.3) is 0 Å². The molecule has 0 bridgehead atoms. The van der Waals surface area contributed by atoms with Gasteiger partial charge in [-0.15, -0.1) is 0 Å². The molecule has 23 heavy (non-hydrogen) atoms. The Hall–Kier alpha value is -2.04. The number of rotatable bonds is 2. The number of hydrogen-bond donors (Lipinski definition) is 0. The molecule has 0 spiro atoms. The first-order chi connectivity index (χ1) is 10.8. The minimum absolute atomic E-state index is 0.0640. The molecule has 0 N–H and O–H groups in total. The van der Waals surface area contributed by atoms with Crippen LogP contribution in [0, 0.1) is 0 Å². The number of carbonyl (C=O) groups is 2. The van der Waals surface area contributed by atoms with Crippen LogP contribution in [0.2, 0.25) is 0 Å². The van der Waals surface area contributed by atoms with E-state index in [1.54, 1.807) is 11.8 Å². The lowest BCUT2D eigenvalue weighted by Gasteiger charge is -2.38. The van der Waals surface area contributed by atoms with Gasteiger partial charge in [0.05, 0.1) is 6.61 Å². The molecule has 0 aromatic heterocycles. The molecular formula is C18H26N2O3. The summed E-state index contributed by atoms with van der Waals surface area (Å²) < 4.78 is 4.79. The fourth-order valence-electron chi connectivity index (χ4n) is 2.86. The Morgan fingerprint density at radius 3 is 2.26 bits per heavy atom. The Bertz CT molecular complexity index is 570. The maximum atomic E-state index is 12.0. The Labute approximate surface area is 138 Å². The molecule has 1 amide bonds. The van der Waals surface area contributed by atoms with E-state index in [-0.39, 0.29) is 12.0 Å². The number of esters is 1. The Morgan fingerprint density at radius 1 is 1.09 bits per heavy atom. The van der Waals surface area contributed by atoms with Gasteiger partial charge in [-0.3, -0.25) is 4.79 Å². The standard InChI is InChI=1S/C18H26N2O3/c1-5-23-17(22)16(21)20-12-10-19(11-13-20)15-9-7-6-8-14(15)18(2,3)4/h6-9H,5,10-13H2,1-4H3. The van der Waals surface area contributed by atoms with Gasteiger partial charge in [-0.25, -0.2) is 4.79 Å². The molecule has 0 radical (unpaired) electrons. The van der Waals surface area contributed by atoms with Crippen molar-refractivity contribution in [2.24, 2.45) is 0 Å². The summed E-state index contributed by atoms with van der Waals surface area (Å²) in [4.78, 5) is 27.4. The molecule has 1 saturated heterocycles. The van der Waals surface area contributed by atoms with Crippen molar-refractivity contribution < 1.29 is 14.3 Å². The van der Waals surface area contributed by atoms with Crippen molar-refractivity contribution in [1.82, 2.24) is 4.90 Å². The monoisotopic (exact) mass is 318 g/mol. The second kappa shape index (κ2) is 7.02. The summed E-state index contributed by atoms with van der Waals surface area (Å²) in [7, 11) is 0. The van der Waals surface area contributed by atoms with Crippen LogP contribution in [0.4, 0.5) is 5.69 Å². The number of benzene rings is 1. The molecule has 0 aliphatic carbocycles. The van der Waals surface area contributed by atoms with Crippen LogP contribution in [0.3, 0.4) is 0 Å². The van der Waals surface area contributed by atoms with Crippen molar-refractivity contribution in [3.8, 4) is 0 Å². The van der Waals surface area contributed by atoms with Gasteiger partial charge in [0, 0.05) is 31.9 Å². The van der Waals surface area contributed by atoms with Gasteiger partial charge < -0.3 is 14.5 Å². The third kappa shape index (κ3) is 4.03. The molecule has 0 atom stereocenters. The number of para-hydroxylation sites is 1. The van der Waals surface area contributed by atoms with Crippen LogP contribution in [0.15, 0.2) is 24.3 Å². The first-order valence-electron chi connectivity index (χ1n) is 8.15. The van der Waals surface area contributed by atoms with E-state index in [4.69, 9.17) is 4.74 Å². The number of amides is 1. The summed E-state index contributed by atoms with van der Waals surface area (Å²) in [5, 5.41) is 0. The van der Waals surface area contributed by atoms with Gasteiger partial charge in [-0.1, -0.05) is 39.0 Å². The van der Waals surface area contributed by atoms with Gasteiger partial charge in [-0.2, -0.15) is 0 Å². The molecular weight excluding hydrogens is 292 g/mol. The van der Waals surface area contributed by atoms with Gasteiger partial charge in [-0.05, 0) is 24.0 Å². The second-order valence-electron chi connectivity index (χ2n) is 6.77. The number of ether oxygens (including phenoxy) is 1. The van der Waals surface area contributed by atoms with Crippen molar-refractivity contribution in [2.45, 2.75) is 33.1 Å². The Balaban J connectivity index is 2.06. The van der Waals surface area contributed by atoms with Gasteiger partial charge in [0.1, 0.15) is 0 Å². The van der Waals surface area contributed by atoms with E-state index in [0.29, 0.717) is 13.1 Å². The fourth-order valence-corrected chi connectivity index (χ4v) is 2.86. The van der Waals surface area contributed by atoms with Crippen molar-refractivity contribution in [2.75, 3.05) is 37.7 Å². The molecule has 1 aliphatic heterocycles. The van der Waals surface area contributed by atoms with E-state index < -0.39 is 11.9 Å². The molecule has 1 aromatic carbocycles. The lowest BCUT2D eigenvalue weighted by Crippen LogP contribution is -2.51. The molecule has 1 aromatic rings. The summed E-state index contributed by atoms with van der Waals surface area (Å²) >= 11 is 0. The topological polar surface area (TPSA) is 49.9 Å². The number of carbonyl (C=O) groups excluding carboxylic acids is 2. The summed E-state index contributed by atoms with van der Waals surface area (Å²) in [6.07, 6.45) is 0. The van der Waals surface area contributed by atoms with Gasteiger partial charge in [0.2, 0.25) is 0 Å². The summed E-state index contributed by atoms with van der Waals surface area (Å²) in [5.41, 5.74) is 2.57. The van der Waals surface area contributed by atoms with E-state index in [1.165, 1.54) is 11.3 Å². The Morgan fingerprint density at radius 2 is 1.70 bits per heavy atom. The van der Waals surface area contributed by atoms with Crippen LogP contribution in [-0.4, -0.2) is 49.6 Å². The molecule has 2 rings (SSSR count). The second-order valence-corrected chi connectivity index (χ2v) is 6.77. The molecule has 0 saturated carbocycles. The number of piperazine rings is 1. The quantitative estimate of drug-likeness (QED) is 0.619. The van der Waals surface area contributed by atoms with Crippen molar-refractivity contribution >= 4 is 17.6 Å². The van der Waals surface area contributed by atoms with E-state index >= 15 is 0 Å². The zero-order chi connectivity index (χ0) is 17.0. The average molecular weight is 318 g/mol. The van der Waals surface area contributed by atoms with E-state index in [2.05, 4.69) is 43.9 Å². The molecule has 1 heterocycles. The van der Waals surface area contributed by atoms with Crippen molar-refractivity contribution in [3.05, 3.63) is 29.8 Å².